The number of benzene rings is 2. The fourth-order valence-corrected chi connectivity index (χ4v) is 5.23. The van der Waals surface area contributed by atoms with E-state index in [1.54, 1.807) is 24.3 Å². The number of hydrogen-bond donors (Lipinski definition) is 3. The Labute approximate surface area is 230 Å². The maximum Gasteiger partial charge on any atom is 0.326 e. The number of hydrogen-bond acceptors (Lipinski definition) is 5. The number of anilines is 1. The number of amides is 1. The second kappa shape index (κ2) is 11.4. The normalized spacial score (nSPS) is 18.1. The minimum absolute atomic E-state index is 0.0319. The van der Waals surface area contributed by atoms with Crippen molar-refractivity contribution in [2.45, 2.75) is 38.6 Å². The molecular weight excluding hydrogens is 525 g/mol. The van der Waals surface area contributed by atoms with Crippen molar-refractivity contribution in [3.8, 4) is 0 Å². The Hall–Kier alpha value is -3.68. The molecule has 0 fully saturated rings. The molecule has 0 saturated heterocycles. The molecule has 1 aliphatic rings. The Balaban J connectivity index is 1.50. The van der Waals surface area contributed by atoms with E-state index in [0.717, 1.165) is 11.1 Å². The zero-order chi connectivity index (χ0) is 27.4. The molecule has 0 radical (unpaired) electrons. The number of ketones is 1. The smallest absolute Gasteiger partial charge is 0.326 e. The number of halogens is 2. The minimum Gasteiger partial charge on any atom is -0.480 e. The molecule has 1 unspecified atom stereocenters. The van der Waals surface area contributed by atoms with E-state index >= 15 is 0 Å². The first-order chi connectivity index (χ1) is 18.1. The summed E-state index contributed by atoms with van der Waals surface area (Å²) in [4.78, 5) is 41.5. The number of nitrogens with one attached hydrogen (secondary N) is 2. The molecule has 38 heavy (non-hydrogen) atoms. The Morgan fingerprint density at radius 1 is 1.03 bits per heavy atom. The average Bonchev–Trinajstić information content (AvgIpc) is 2.89. The van der Waals surface area contributed by atoms with Crippen LogP contribution in [0.25, 0.3) is 0 Å². The number of carbonyl (C=O) groups excluding carboxylic acids is 2. The zero-order valence-corrected chi connectivity index (χ0v) is 22.4. The summed E-state index contributed by atoms with van der Waals surface area (Å²) < 4.78 is 0. The molecule has 0 bridgehead atoms. The molecule has 1 heterocycles. The van der Waals surface area contributed by atoms with Gasteiger partial charge in [-0.2, -0.15) is 0 Å². The van der Waals surface area contributed by atoms with Crippen LogP contribution in [-0.4, -0.2) is 33.8 Å². The molecule has 0 aliphatic heterocycles. The number of nitrogens with zero attached hydrogens (tertiary/aromatic N) is 1. The van der Waals surface area contributed by atoms with E-state index < -0.39 is 23.3 Å². The highest BCUT2D eigenvalue weighted by Gasteiger charge is 2.46. The molecule has 3 N–H and O–H groups in total. The summed E-state index contributed by atoms with van der Waals surface area (Å²) in [5.74, 6) is -1.92. The van der Waals surface area contributed by atoms with Crippen LogP contribution in [0.5, 0.6) is 0 Å². The third-order valence-corrected chi connectivity index (χ3v) is 7.48. The lowest BCUT2D eigenvalue weighted by Gasteiger charge is -2.40. The summed E-state index contributed by atoms with van der Waals surface area (Å²) in [5, 5.41) is 16.3. The lowest BCUT2D eigenvalue weighted by Crippen LogP contribution is -2.51. The van der Waals surface area contributed by atoms with Crippen LogP contribution >= 0.6 is 23.2 Å². The van der Waals surface area contributed by atoms with Gasteiger partial charge in [0.1, 0.15) is 6.04 Å². The van der Waals surface area contributed by atoms with Crippen molar-refractivity contribution in [3.05, 3.63) is 105 Å². The maximum atomic E-state index is 12.7. The number of aliphatic carboxylic acids is 1. The standard InChI is InChI=1S/C29H27Cl2N3O4/c1-3-20(18-9-11-19(12-10-18)33-27(36)25-21(30)15-32-16-22(25)31)26(28(37)38)34-23-13-24(35)29(23,2)14-17-7-5-4-6-8-17/h4-13,15-16,20,26,34H,3,14H2,1-2H3,(H,33,36)(H,37,38)/t20?,26-,29-/m0/s1. The topological polar surface area (TPSA) is 108 Å². The quantitative estimate of drug-likeness (QED) is 0.289. The van der Waals surface area contributed by atoms with Gasteiger partial charge in [0.15, 0.2) is 5.78 Å². The van der Waals surface area contributed by atoms with Crippen LogP contribution in [0.4, 0.5) is 5.69 Å². The van der Waals surface area contributed by atoms with Gasteiger partial charge in [-0.1, -0.05) is 72.6 Å². The molecule has 3 atom stereocenters. The van der Waals surface area contributed by atoms with Crippen molar-refractivity contribution in [2.75, 3.05) is 5.32 Å². The second-order valence-corrected chi connectivity index (χ2v) is 10.3. The Kier molecular flexibility index (Phi) is 8.19. The molecule has 0 saturated carbocycles. The van der Waals surface area contributed by atoms with Crippen molar-refractivity contribution >= 4 is 46.5 Å². The fraction of sp³-hybridized carbons (Fsp3) is 0.241. The summed E-state index contributed by atoms with van der Waals surface area (Å²) in [5.41, 5.74) is 2.21. The van der Waals surface area contributed by atoms with E-state index in [1.807, 2.05) is 44.2 Å². The van der Waals surface area contributed by atoms with E-state index in [1.165, 1.54) is 18.5 Å². The molecule has 9 heteroatoms. The number of aromatic nitrogens is 1. The lowest BCUT2D eigenvalue weighted by molar-refractivity contribution is -0.140. The highest BCUT2D eigenvalue weighted by atomic mass is 35.5. The Morgan fingerprint density at radius 2 is 1.66 bits per heavy atom. The largest absolute Gasteiger partial charge is 0.480 e. The van der Waals surface area contributed by atoms with E-state index in [0.29, 0.717) is 24.2 Å². The van der Waals surface area contributed by atoms with Crippen LogP contribution in [0, 0.1) is 5.41 Å². The van der Waals surface area contributed by atoms with Crippen LogP contribution in [-0.2, 0) is 16.0 Å². The first-order valence-electron chi connectivity index (χ1n) is 12.1. The third kappa shape index (κ3) is 5.59. The third-order valence-electron chi connectivity index (χ3n) is 6.91. The number of carbonyl (C=O) groups is 3. The summed E-state index contributed by atoms with van der Waals surface area (Å²) >= 11 is 12.2. The van der Waals surface area contributed by atoms with Crippen LogP contribution in [0.1, 0.15) is 47.7 Å². The van der Waals surface area contributed by atoms with E-state index in [-0.39, 0.29) is 27.3 Å². The molecule has 1 amide bonds. The van der Waals surface area contributed by atoms with Crippen molar-refractivity contribution < 1.29 is 19.5 Å². The second-order valence-electron chi connectivity index (χ2n) is 9.45. The van der Waals surface area contributed by atoms with Gasteiger partial charge >= 0.3 is 5.97 Å². The van der Waals surface area contributed by atoms with Gasteiger partial charge in [0, 0.05) is 35.8 Å². The molecule has 2 aromatic carbocycles. The first kappa shape index (κ1) is 27.4. The van der Waals surface area contributed by atoms with Gasteiger partial charge in [0.2, 0.25) is 0 Å². The minimum atomic E-state index is -1.02. The van der Waals surface area contributed by atoms with Crippen molar-refractivity contribution in [1.29, 1.82) is 0 Å². The first-order valence-corrected chi connectivity index (χ1v) is 12.9. The molecule has 4 rings (SSSR count). The van der Waals surface area contributed by atoms with Crippen LogP contribution < -0.4 is 10.6 Å². The van der Waals surface area contributed by atoms with Gasteiger partial charge in [-0.25, -0.2) is 4.79 Å². The van der Waals surface area contributed by atoms with Gasteiger partial charge in [-0.15, -0.1) is 0 Å². The van der Waals surface area contributed by atoms with Gasteiger partial charge in [-0.05, 0) is 43.0 Å². The molecule has 196 valence electrons. The van der Waals surface area contributed by atoms with Crippen molar-refractivity contribution in [1.82, 2.24) is 10.3 Å². The molecule has 0 spiro atoms. The number of carboxylic acids is 1. The molecule has 1 aliphatic carbocycles. The summed E-state index contributed by atoms with van der Waals surface area (Å²) in [7, 11) is 0. The molecule has 1 aromatic heterocycles. The van der Waals surface area contributed by atoms with E-state index in [4.69, 9.17) is 23.2 Å². The fourth-order valence-electron chi connectivity index (χ4n) is 4.69. The maximum absolute atomic E-state index is 12.7. The summed E-state index contributed by atoms with van der Waals surface area (Å²) in [6, 6.07) is 15.6. The zero-order valence-electron chi connectivity index (χ0n) is 20.9. The van der Waals surface area contributed by atoms with Crippen molar-refractivity contribution in [2.24, 2.45) is 5.41 Å². The monoisotopic (exact) mass is 551 g/mol. The SMILES string of the molecule is CCC(c1ccc(NC(=O)c2c(Cl)cncc2Cl)cc1)[C@H](NC1=CC(=O)[C@@]1(C)Cc1ccccc1)C(=O)O. The van der Waals surface area contributed by atoms with Gasteiger partial charge in [0.05, 0.1) is 21.0 Å². The van der Waals surface area contributed by atoms with Gasteiger partial charge in [-0.3, -0.25) is 14.6 Å². The van der Waals surface area contributed by atoms with Gasteiger partial charge in [0.25, 0.3) is 5.91 Å². The number of allylic oxidation sites excluding steroid dienone is 2. The number of pyridine rings is 1. The van der Waals surface area contributed by atoms with Crippen LogP contribution in [0.2, 0.25) is 10.0 Å². The summed E-state index contributed by atoms with van der Waals surface area (Å²) in [6.07, 6.45) is 5.18. The highest BCUT2D eigenvalue weighted by Crippen LogP contribution is 2.40. The van der Waals surface area contributed by atoms with E-state index in [2.05, 4.69) is 15.6 Å². The average molecular weight is 552 g/mol. The number of rotatable bonds is 10. The predicted molar refractivity (Wildman–Crippen MR) is 148 cm³/mol. The van der Waals surface area contributed by atoms with E-state index in [9.17, 15) is 19.5 Å². The van der Waals surface area contributed by atoms with Crippen LogP contribution in [0.15, 0.2) is 78.8 Å². The predicted octanol–water partition coefficient (Wildman–Crippen LogP) is 5.89. The Bertz CT molecular complexity index is 1370. The summed E-state index contributed by atoms with van der Waals surface area (Å²) in [6.45, 7) is 3.75. The van der Waals surface area contributed by atoms with Crippen LogP contribution in [0.3, 0.4) is 0 Å². The molecular formula is C29H27Cl2N3O4. The lowest BCUT2D eigenvalue weighted by atomic mass is 9.68. The van der Waals surface area contributed by atoms with Crippen molar-refractivity contribution in [3.63, 3.8) is 0 Å². The van der Waals surface area contributed by atoms with Gasteiger partial charge < -0.3 is 15.7 Å². The Morgan fingerprint density at radius 3 is 2.21 bits per heavy atom. The molecule has 3 aromatic rings. The number of carboxylic acid groups (broad SMARTS) is 1. The molecule has 7 nitrogen and oxygen atoms in total. The highest BCUT2D eigenvalue weighted by molar-refractivity contribution is 6.40.